The molecule has 1 aromatic carbocycles. The second-order valence-electron chi connectivity index (χ2n) is 5.49. The average Bonchev–Trinajstić information content (AvgIpc) is 2.39. The summed E-state index contributed by atoms with van der Waals surface area (Å²) < 4.78 is 1.20. The summed E-state index contributed by atoms with van der Waals surface area (Å²) >= 11 is 3.70. The third-order valence-electron chi connectivity index (χ3n) is 3.15. The van der Waals surface area contributed by atoms with Crippen molar-refractivity contribution in [1.82, 2.24) is 10.2 Å². The summed E-state index contributed by atoms with van der Waals surface area (Å²) in [6.45, 7) is 14.3. The zero-order valence-electron chi connectivity index (χ0n) is 13.0. The molecule has 20 heavy (non-hydrogen) atoms. The molecular weight excluding hydrogens is 312 g/mol. The molecule has 0 fully saturated rings. The van der Waals surface area contributed by atoms with E-state index in [2.05, 4.69) is 71.7 Å². The van der Waals surface area contributed by atoms with Crippen LogP contribution in [0.3, 0.4) is 0 Å². The zero-order valence-corrected chi connectivity index (χ0v) is 14.5. The molecule has 1 aromatic rings. The molecule has 0 spiro atoms. The topological polar surface area (TPSA) is 15.3 Å². The van der Waals surface area contributed by atoms with Gasteiger partial charge in [0, 0.05) is 30.1 Å². The minimum absolute atomic E-state index is 0.515. The molecule has 0 saturated carbocycles. The maximum absolute atomic E-state index is 3.84. The third kappa shape index (κ3) is 6.21. The van der Waals surface area contributed by atoms with Gasteiger partial charge in [-0.3, -0.25) is 4.90 Å². The van der Waals surface area contributed by atoms with Crippen molar-refractivity contribution < 1.29 is 0 Å². The first-order chi connectivity index (χ1) is 9.56. The molecule has 0 aromatic heterocycles. The normalized spacial score (nSPS) is 11.3. The Labute approximate surface area is 132 Å². The van der Waals surface area contributed by atoms with Crippen LogP contribution in [0.4, 0.5) is 0 Å². The predicted molar refractivity (Wildman–Crippen MR) is 91.9 cm³/mol. The second-order valence-corrected chi connectivity index (χ2v) is 6.34. The number of hydrogen-bond acceptors (Lipinski definition) is 2. The fourth-order valence-corrected chi connectivity index (χ4v) is 2.68. The van der Waals surface area contributed by atoms with Gasteiger partial charge >= 0.3 is 0 Å². The number of nitrogens with one attached hydrogen (secondary N) is 1. The molecule has 0 bridgehead atoms. The Hall–Kier alpha value is -0.640. The van der Waals surface area contributed by atoms with Gasteiger partial charge in [-0.15, -0.1) is 6.58 Å². The summed E-state index contributed by atoms with van der Waals surface area (Å²) in [7, 11) is 0. The predicted octanol–water partition coefficient (Wildman–Crippen LogP) is 4.35. The van der Waals surface area contributed by atoms with Crippen molar-refractivity contribution in [2.24, 2.45) is 0 Å². The molecule has 0 aliphatic carbocycles. The molecule has 1 rings (SSSR count). The van der Waals surface area contributed by atoms with E-state index < -0.39 is 0 Å². The van der Waals surface area contributed by atoms with Crippen LogP contribution >= 0.6 is 15.9 Å². The Bertz CT molecular complexity index is 415. The van der Waals surface area contributed by atoms with Gasteiger partial charge in [-0.25, -0.2) is 0 Å². The summed E-state index contributed by atoms with van der Waals surface area (Å²) in [5.74, 6) is 0. The van der Waals surface area contributed by atoms with E-state index in [4.69, 9.17) is 0 Å². The van der Waals surface area contributed by atoms with E-state index in [0.29, 0.717) is 6.04 Å². The fourth-order valence-electron chi connectivity index (χ4n) is 2.13. The SMILES string of the molecule is C=CCN(CCC)Cc1ccc(CNC(C)C)cc1Br. The molecule has 112 valence electrons. The van der Waals surface area contributed by atoms with Gasteiger partial charge in [-0.1, -0.05) is 54.9 Å². The number of nitrogens with zero attached hydrogens (tertiary/aromatic N) is 1. The molecule has 0 radical (unpaired) electrons. The highest BCUT2D eigenvalue weighted by atomic mass is 79.9. The quantitative estimate of drug-likeness (QED) is 0.673. The maximum Gasteiger partial charge on any atom is 0.0248 e. The van der Waals surface area contributed by atoms with Crippen molar-refractivity contribution in [2.75, 3.05) is 13.1 Å². The van der Waals surface area contributed by atoms with Crippen molar-refractivity contribution in [3.05, 3.63) is 46.5 Å². The van der Waals surface area contributed by atoms with E-state index in [9.17, 15) is 0 Å². The van der Waals surface area contributed by atoms with Crippen LogP contribution in [0.5, 0.6) is 0 Å². The van der Waals surface area contributed by atoms with E-state index in [0.717, 1.165) is 26.2 Å². The molecule has 0 unspecified atom stereocenters. The summed E-state index contributed by atoms with van der Waals surface area (Å²) in [5.41, 5.74) is 2.66. The highest BCUT2D eigenvalue weighted by Crippen LogP contribution is 2.20. The number of hydrogen-bond donors (Lipinski definition) is 1. The van der Waals surface area contributed by atoms with E-state index in [1.165, 1.54) is 22.0 Å². The van der Waals surface area contributed by atoms with E-state index in [1.54, 1.807) is 0 Å². The van der Waals surface area contributed by atoms with Gasteiger partial charge in [0.05, 0.1) is 0 Å². The monoisotopic (exact) mass is 338 g/mol. The third-order valence-corrected chi connectivity index (χ3v) is 3.89. The van der Waals surface area contributed by atoms with E-state index in [-0.39, 0.29) is 0 Å². The summed E-state index contributed by atoms with van der Waals surface area (Å²) in [6, 6.07) is 7.18. The van der Waals surface area contributed by atoms with Gasteiger partial charge in [0.2, 0.25) is 0 Å². The van der Waals surface area contributed by atoms with Crippen molar-refractivity contribution >= 4 is 15.9 Å². The molecule has 0 aliphatic heterocycles. The lowest BCUT2D eigenvalue weighted by molar-refractivity contribution is 0.294. The molecule has 0 heterocycles. The summed E-state index contributed by atoms with van der Waals surface area (Å²) in [4.78, 5) is 2.42. The molecule has 1 N–H and O–H groups in total. The summed E-state index contributed by atoms with van der Waals surface area (Å²) in [5, 5.41) is 3.45. The molecule has 2 nitrogen and oxygen atoms in total. The van der Waals surface area contributed by atoms with Crippen LogP contribution in [-0.2, 0) is 13.1 Å². The van der Waals surface area contributed by atoms with Crippen LogP contribution in [-0.4, -0.2) is 24.0 Å². The minimum atomic E-state index is 0.515. The van der Waals surface area contributed by atoms with Crippen LogP contribution in [0.2, 0.25) is 0 Å². The number of halogens is 1. The first-order valence-corrected chi connectivity index (χ1v) is 8.20. The van der Waals surface area contributed by atoms with Gasteiger partial charge in [-0.05, 0) is 30.2 Å². The van der Waals surface area contributed by atoms with Gasteiger partial charge < -0.3 is 5.32 Å². The lowest BCUT2D eigenvalue weighted by Gasteiger charge is -2.21. The van der Waals surface area contributed by atoms with Gasteiger partial charge in [0.15, 0.2) is 0 Å². The van der Waals surface area contributed by atoms with Crippen LogP contribution in [0, 0.1) is 0 Å². The van der Waals surface area contributed by atoms with Crippen molar-refractivity contribution in [3.63, 3.8) is 0 Å². The lowest BCUT2D eigenvalue weighted by Crippen LogP contribution is -2.24. The summed E-state index contributed by atoms with van der Waals surface area (Å²) in [6.07, 6.45) is 3.15. The van der Waals surface area contributed by atoms with E-state index >= 15 is 0 Å². The smallest absolute Gasteiger partial charge is 0.0248 e. The Morgan fingerprint density at radius 1 is 1.40 bits per heavy atom. The largest absolute Gasteiger partial charge is 0.310 e. The Morgan fingerprint density at radius 3 is 2.70 bits per heavy atom. The van der Waals surface area contributed by atoms with E-state index in [1.807, 2.05) is 6.08 Å². The zero-order chi connectivity index (χ0) is 15.0. The maximum atomic E-state index is 3.84. The van der Waals surface area contributed by atoms with Crippen molar-refractivity contribution in [2.45, 2.75) is 46.3 Å². The second kappa shape index (κ2) is 9.32. The number of rotatable bonds is 9. The highest BCUT2D eigenvalue weighted by molar-refractivity contribution is 9.10. The fraction of sp³-hybridized carbons (Fsp3) is 0.529. The Kier molecular flexibility index (Phi) is 8.12. The van der Waals surface area contributed by atoms with Crippen LogP contribution < -0.4 is 5.32 Å². The molecular formula is C17H27BrN2. The molecule has 0 atom stereocenters. The molecule has 0 aliphatic rings. The van der Waals surface area contributed by atoms with Crippen molar-refractivity contribution in [3.8, 4) is 0 Å². The standard InChI is InChI=1S/C17H27BrN2/c1-5-9-20(10-6-2)13-16-8-7-15(11-17(16)18)12-19-14(3)4/h5,7-8,11,14,19H,1,6,9-10,12-13H2,2-4H3. The van der Waals surface area contributed by atoms with Crippen LogP contribution in [0.25, 0.3) is 0 Å². The van der Waals surface area contributed by atoms with Gasteiger partial charge in [0.1, 0.15) is 0 Å². The Morgan fingerprint density at radius 2 is 2.15 bits per heavy atom. The average molecular weight is 339 g/mol. The van der Waals surface area contributed by atoms with Gasteiger partial charge in [-0.2, -0.15) is 0 Å². The van der Waals surface area contributed by atoms with Gasteiger partial charge in [0.25, 0.3) is 0 Å². The lowest BCUT2D eigenvalue weighted by atomic mass is 10.1. The van der Waals surface area contributed by atoms with Crippen LogP contribution in [0.1, 0.15) is 38.3 Å². The minimum Gasteiger partial charge on any atom is -0.310 e. The molecule has 0 amide bonds. The molecule has 0 saturated heterocycles. The Balaban J connectivity index is 2.68. The number of benzene rings is 1. The van der Waals surface area contributed by atoms with Crippen molar-refractivity contribution in [1.29, 1.82) is 0 Å². The highest BCUT2D eigenvalue weighted by Gasteiger charge is 2.07. The van der Waals surface area contributed by atoms with Crippen LogP contribution in [0.15, 0.2) is 35.3 Å². The first-order valence-electron chi connectivity index (χ1n) is 7.40. The first kappa shape index (κ1) is 17.4. The molecule has 3 heteroatoms.